The number of fused-ring (bicyclic) bond motifs is 1. The Labute approximate surface area is 147 Å². The predicted octanol–water partition coefficient (Wildman–Crippen LogP) is 3.83. The normalized spacial score (nSPS) is 16.1. The van der Waals surface area contributed by atoms with Crippen LogP contribution in [0.4, 0.5) is 5.69 Å². The van der Waals surface area contributed by atoms with E-state index in [-0.39, 0.29) is 11.9 Å². The summed E-state index contributed by atoms with van der Waals surface area (Å²) < 4.78 is 2.09. The van der Waals surface area contributed by atoms with Crippen molar-refractivity contribution in [3.63, 3.8) is 0 Å². The molecule has 4 nitrogen and oxygen atoms in total. The van der Waals surface area contributed by atoms with Crippen LogP contribution >= 0.6 is 0 Å². The van der Waals surface area contributed by atoms with Gasteiger partial charge in [-0.05, 0) is 49.6 Å². The van der Waals surface area contributed by atoms with Gasteiger partial charge in [0.15, 0.2) is 0 Å². The van der Waals surface area contributed by atoms with E-state index in [4.69, 9.17) is 0 Å². The van der Waals surface area contributed by atoms with Crippen molar-refractivity contribution in [2.45, 2.75) is 32.9 Å². The third-order valence-electron chi connectivity index (χ3n) is 4.90. The summed E-state index contributed by atoms with van der Waals surface area (Å²) in [7, 11) is 0. The summed E-state index contributed by atoms with van der Waals surface area (Å²) in [6.07, 6.45) is 4.69. The second-order valence-electron chi connectivity index (χ2n) is 6.66. The molecule has 0 N–H and O–H groups in total. The Balaban J connectivity index is 1.56. The highest BCUT2D eigenvalue weighted by Gasteiger charge is 2.31. The quantitative estimate of drug-likeness (QED) is 0.731. The molecule has 1 aliphatic heterocycles. The fourth-order valence-electron chi connectivity index (χ4n) is 3.53. The molecule has 1 atom stereocenters. The number of anilines is 1. The lowest BCUT2D eigenvalue weighted by Crippen LogP contribution is -2.35. The molecule has 25 heavy (non-hydrogen) atoms. The molecule has 2 heterocycles. The first kappa shape index (κ1) is 15.6. The minimum absolute atomic E-state index is 0.0720. The zero-order valence-electron chi connectivity index (χ0n) is 14.5. The van der Waals surface area contributed by atoms with Crippen LogP contribution in [0.15, 0.2) is 60.9 Å². The van der Waals surface area contributed by atoms with Gasteiger partial charge in [-0.25, -0.2) is 4.98 Å². The van der Waals surface area contributed by atoms with Crippen LogP contribution in [0.3, 0.4) is 0 Å². The number of hydrogen-bond acceptors (Lipinski definition) is 2. The minimum Gasteiger partial charge on any atom is -0.331 e. The second-order valence-corrected chi connectivity index (χ2v) is 6.66. The molecule has 1 aromatic heterocycles. The molecule has 126 valence electrons. The molecular weight excluding hydrogens is 310 g/mol. The number of aromatic nitrogens is 2. The van der Waals surface area contributed by atoms with Crippen molar-refractivity contribution in [3.8, 4) is 0 Å². The first-order chi connectivity index (χ1) is 12.1. The van der Waals surface area contributed by atoms with Crippen LogP contribution in [-0.2, 0) is 13.0 Å². The van der Waals surface area contributed by atoms with Crippen molar-refractivity contribution in [1.82, 2.24) is 9.55 Å². The number of nitrogens with zero attached hydrogens (tertiary/aromatic N) is 3. The maximum absolute atomic E-state index is 13.0. The number of para-hydroxylation sites is 1. The van der Waals surface area contributed by atoms with Crippen LogP contribution in [0.25, 0.3) is 0 Å². The molecule has 0 bridgehead atoms. The Morgan fingerprint density at radius 3 is 2.64 bits per heavy atom. The third-order valence-corrected chi connectivity index (χ3v) is 4.90. The van der Waals surface area contributed by atoms with E-state index in [2.05, 4.69) is 22.5 Å². The molecule has 3 aromatic rings. The molecule has 0 aliphatic carbocycles. The first-order valence-corrected chi connectivity index (χ1v) is 8.61. The number of carbonyl (C=O) groups excluding carboxylic acids is 1. The average Bonchev–Trinajstić information content (AvgIpc) is 3.17. The van der Waals surface area contributed by atoms with Gasteiger partial charge >= 0.3 is 0 Å². The molecule has 0 saturated carbocycles. The third kappa shape index (κ3) is 2.84. The van der Waals surface area contributed by atoms with Gasteiger partial charge in [0.25, 0.3) is 5.91 Å². The average molecular weight is 331 g/mol. The fourth-order valence-corrected chi connectivity index (χ4v) is 3.53. The van der Waals surface area contributed by atoms with Crippen molar-refractivity contribution in [3.05, 3.63) is 83.4 Å². The highest BCUT2D eigenvalue weighted by atomic mass is 16.2. The lowest BCUT2D eigenvalue weighted by molar-refractivity contribution is 0.0981. The summed E-state index contributed by atoms with van der Waals surface area (Å²) >= 11 is 0. The fraction of sp³-hybridized carbons (Fsp3) is 0.238. The molecule has 0 radical (unpaired) electrons. The van der Waals surface area contributed by atoms with E-state index in [1.54, 1.807) is 6.20 Å². The summed E-state index contributed by atoms with van der Waals surface area (Å²) in [5.41, 5.74) is 4.18. The topological polar surface area (TPSA) is 38.1 Å². The molecule has 1 amide bonds. The molecule has 4 heteroatoms. The highest BCUT2D eigenvalue weighted by Crippen LogP contribution is 2.33. The predicted molar refractivity (Wildman–Crippen MR) is 98.9 cm³/mol. The van der Waals surface area contributed by atoms with Gasteiger partial charge in [-0.2, -0.15) is 0 Å². The van der Waals surface area contributed by atoms with Crippen molar-refractivity contribution in [2.24, 2.45) is 0 Å². The van der Waals surface area contributed by atoms with Gasteiger partial charge in [0, 0.05) is 36.2 Å². The maximum Gasteiger partial charge on any atom is 0.258 e. The van der Waals surface area contributed by atoms with Gasteiger partial charge in [-0.3, -0.25) is 4.79 Å². The number of benzene rings is 2. The standard InChI is InChI=1S/C21H21N3O/c1-15-13-19-5-3-4-6-20(19)24(15)21(25)18-9-7-17(8-10-18)14-23-12-11-22-16(23)2/h3-12,15H,13-14H2,1-2H3/t15-/m1/s1. The number of carbonyl (C=O) groups is 1. The summed E-state index contributed by atoms with van der Waals surface area (Å²) in [4.78, 5) is 19.2. The van der Waals surface area contributed by atoms with Gasteiger partial charge < -0.3 is 9.47 Å². The van der Waals surface area contributed by atoms with Crippen molar-refractivity contribution in [2.75, 3.05) is 4.90 Å². The first-order valence-electron chi connectivity index (χ1n) is 8.61. The van der Waals surface area contributed by atoms with E-state index in [0.717, 1.165) is 35.6 Å². The molecule has 0 spiro atoms. The van der Waals surface area contributed by atoms with Crippen LogP contribution in [0.5, 0.6) is 0 Å². The van der Waals surface area contributed by atoms with Gasteiger partial charge in [0.05, 0.1) is 0 Å². The Morgan fingerprint density at radius 1 is 1.16 bits per heavy atom. The Bertz CT molecular complexity index is 911. The van der Waals surface area contributed by atoms with Gasteiger partial charge in [0.2, 0.25) is 0 Å². The van der Waals surface area contributed by atoms with Crippen molar-refractivity contribution < 1.29 is 4.79 Å². The van der Waals surface area contributed by atoms with Crippen LogP contribution in [0.1, 0.15) is 34.2 Å². The summed E-state index contributed by atoms with van der Waals surface area (Å²) in [5.74, 6) is 1.06. The monoisotopic (exact) mass is 331 g/mol. The van der Waals surface area contributed by atoms with Crippen molar-refractivity contribution in [1.29, 1.82) is 0 Å². The maximum atomic E-state index is 13.0. The molecular formula is C21H21N3O. The van der Waals surface area contributed by atoms with E-state index in [9.17, 15) is 4.79 Å². The van der Waals surface area contributed by atoms with Crippen LogP contribution in [-0.4, -0.2) is 21.5 Å². The molecule has 1 aliphatic rings. The summed E-state index contributed by atoms with van der Waals surface area (Å²) in [5, 5.41) is 0. The van der Waals surface area contributed by atoms with Crippen LogP contribution in [0.2, 0.25) is 0 Å². The van der Waals surface area contributed by atoms with Crippen molar-refractivity contribution >= 4 is 11.6 Å². The van der Waals surface area contributed by atoms with Gasteiger partial charge in [-0.1, -0.05) is 30.3 Å². The van der Waals surface area contributed by atoms with Gasteiger partial charge in [-0.15, -0.1) is 0 Å². The SMILES string of the molecule is Cc1nccn1Cc1ccc(C(=O)N2c3ccccc3C[C@H]2C)cc1. The summed E-state index contributed by atoms with van der Waals surface area (Å²) in [6.45, 7) is 4.86. The molecule has 2 aromatic carbocycles. The molecule has 0 unspecified atom stereocenters. The Morgan fingerprint density at radius 2 is 1.92 bits per heavy atom. The zero-order valence-corrected chi connectivity index (χ0v) is 14.5. The Hall–Kier alpha value is -2.88. The zero-order chi connectivity index (χ0) is 17.4. The largest absolute Gasteiger partial charge is 0.331 e. The number of amides is 1. The van der Waals surface area contributed by atoms with E-state index in [1.807, 2.05) is 60.5 Å². The van der Waals surface area contributed by atoms with Crippen LogP contribution < -0.4 is 4.90 Å². The highest BCUT2D eigenvalue weighted by molar-refractivity contribution is 6.07. The van der Waals surface area contributed by atoms with E-state index >= 15 is 0 Å². The van der Waals surface area contributed by atoms with E-state index < -0.39 is 0 Å². The minimum atomic E-state index is 0.0720. The molecule has 0 fully saturated rings. The molecule has 0 saturated heterocycles. The number of aryl methyl sites for hydroxylation is 1. The lowest BCUT2D eigenvalue weighted by Gasteiger charge is -2.23. The number of hydrogen-bond donors (Lipinski definition) is 0. The van der Waals surface area contributed by atoms with E-state index in [0.29, 0.717) is 0 Å². The van der Waals surface area contributed by atoms with Gasteiger partial charge in [0.1, 0.15) is 5.82 Å². The molecule has 4 rings (SSSR count). The smallest absolute Gasteiger partial charge is 0.258 e. The lowest BCUT2D eigenvalue weighted by atomic mass is 10.1. The van der Waals surface area contributed by atoms with Crippen LogP contribution in [0, 0.1) is 6.92 Å². The van der Waals surface area contributed by atoms with E-state index in [1.165, 1.54) is 5.56 Å². The number of imidazole rings is 1. The second kappa shape index (κ2) is 6.20. The number of rotatable bonds is 3. The Kier molecular flexibility index (Phi) is 3.88. The summed E-state index contributed by atoms with van der Waals surface area (Å²) in [6, 6.07) is 16.3.